The van der Waals surface area contributed by atoms with Gasteiger partial charge in [-0.1, -0.05) is 139 Å². The smallest absolute Gasteiger partial charge is 0.457 e. The minimum absolute atomic E-state index is 0.0496. The molecule has 3 heterocycles. The van der Waals surface area contributed by atoms with Gasteiger partial charge in [0.2, 0.25) is 11.4 Å². The average molecular weight is 810 g/mol. The van der Waals surface area contributed by atoms with Gasteiger partial charge in [-0.05, 0) is 97.6 Å². The monoisotopic (exact) mass is 809 g/mol. The van der Waals surface area contributed by atoms with E-state index in [1.54, 1.807) is 6.07 Å². The fourth-order valence-electron chi connectivity index (χ4n) is 8.60. The summed E-state index contributed by atoms with van der Waals surface area (Å²) >= 11 is 0. The highest BCUT2D eigenvalue weighted by Gasteiger charge is 2.41. The number of nitrogens with zero attached hydrogens (tertiary/aromatic N) is 4. The summed E-state index contributed by atoms with van der Waals surface area (Å²) in [6, 6.07) is 61.2. The van der Waals surface area contributed by atoms with Crippen LogP contribution in [-0.4, -0.2) is 15.6 Å². The van der Waals surface area contributed by atoms with Crippen molar-refractivity contribution >= 4 is 50.6 Å². The van der Waals surface area contributed by atoms with E-state index in [1.807, 2.05) is 76.0 Å². The van der Waals surface area contributed by atoms with Gasteiger partial charge in [0.15, 0.2) is 0 Å². The highest BCUT2D eigenvalue weighted by Crippen LogP contribution is 2.46. The number of ether oxygens (including phenoxy) is 1. The van der Waals surface area contributed by atoms with Crippen molar-refractivity contribution in [3.05, 3.63) is 193 Å². The zero-order valence-corrected chi connectivity index (χ0v) is 35.9. The normalized spacial score (nSPS) is 13.6. The molecule has 5 nitrogen and oxygen atoms in total. The van der Waals surface area contributed by atoms with Crippen LogP contribution in [0.5, 0.6) is 11.5 Å². The van der Waals surface area contributed by atoms with Crippen LogP contribution in [0.3, 0.4) is 0 Å². The lowest BCUT2D eigenvalue weighted by molar-refractivity contribution is 0.479. The largest absolute Gasteiger partial charge is 0.503 e. The van der Waals surface area contributed by atoms with E-state index < -0.39 is 6.85 Å². The van der Waals surface area contributed by atoms with Crippen molar-refractivity contribution in [2.45, 2.75) is 59.2 Å². The Hall–Kier alpha value is -7.33. The van der Waals surface area contributed by atoms with Crippen LogP contribution >= 0.6 is 0 Å². The Morgan fingerprint density at radius 3 is 1.90 bits per heavy atom. The zero-order valence-electron chi connectivity index (χ0n) is 38.9. The second-order valence-electron chi connectivity index (χ2n) is 18.1. The van der Waals surface area contributed by atoms with Crippen LogP contribution in [-0.2, 0) is 10.8 Å². The van der Waals surface area contributed by atoms with Gasteiger partial charge in [-0.25, -0.2) is 4.98 Å². The average Bonchev–Trinajstić information content (AvgIpc) is 3.84. The number of pyridine rings is 1. The van der Waals surface area contributed by atoms with Crippen LogP contribution in [0, 0.1) is 6.85 Å². The number of hydrogen-bond donors (Lipinski definition) is 0. The maximum atomic E-state index is 8.81. The van der Waals surface area contributed by atoms with E-state index in [0.29, 0.717) is 22.9 Å². The SMILES string of the molecule is [2H]C([2H])([2H])c1cccc2c1[N+](c1c(-c3ccccc3)cccc1-c1ccccc1)=C=[N+]2c1cc(Oc2ccc3c4ccccc4n(-c4cc(C(C)(C)C)ccn4)c3c2)cc(C(C)(C)C)c1. The van der Waals surface area contributed by atoms with Crippen LogP contribution in [0.15, 0.2) is 176 Å². The summed E-state index contributed by atoms with van der Waals surface area (Å²) in [7, 11) is 0. The van der Waals surface area contributed by atoms with E-state index in [0.717, 1.165) is 66.8 Å². The second-order valence-corrected chi connectivity index (χ2v) is 18.1. The third kappa shape index (κ3) is 6.91. The fourth-order valence-corrected chi connectivity index (χ4v) is 8.60. The number of fused-ring (bicyclic) bond motifs is 4. The van der Waals surface area contributed by atoms with Gasteiger partial charge in [0.25, 0.3) is 5.69 Å². The Labute approximate surface area is 368 Å². The van der Waals surface area contributed by atoms with E-state index in [1.165, 1.54) is 5.56 Å². The summed E-state index contributed by atoms with van der Waals surface area (Å²) in [5, 5.41) is 2.24. The summed E-state index contributed by atoms with van der Waals surface area (Å²) in [4.78, 5) is 4.89. The minimum atomic E-state index is -2.41. The summed E-state index contributed by atoms with van der Waals surface area (Å²) in [5.41, 5.74) is 11.0. The Balaban J connectivity index is 1.19. The molecule has 10 rings (SSSR count). The van der Waals surface area contributed by atoms with Crippen LogP contribution in [0.4, 0.5) is 22.7 Å². The predicted octanol–water partition coefficient (Wildman–Crippen LogP) is 15.1. The summed E-state index contributed by atoms with van der Waals surface area (Å²) in [6.07, 6.45) is 1.89. The van der Waals surface area contributed by atoms with Gasteiger partial charge in [0.05, 0.1) is 28.2 Å². The first-order valence-corrected chi connectivity index (χ1v) is 21.2. The molecule has 0 unspecified atom stereocenters. The third-order valence-electron chi connectivity index (χ3n) is 11.8. The lowest BCUT2D eigenvalue weighted by Gasteiger charge is -2.20. The number of benzene rings is 7. The molecule has 5 heteroatoms. The number of aromatic nitrogens is 2. The Kier molecular flexibility index (Phi) is 8.56. The van der Waals surface area contributed by atoms with Gasteiger partial charge < -0.3 is 4.74 Å². The number of hydrogen-bond acceptors (Lipinski definition) is 2. The molecule has 2 aromatic heterocycles. The van der Waals surface area contributed by atoms with Gasteiger partial charge in [-0.3, -0.25) is 4.57 Å². The Morgan fingerprint density at radius 1 is 0.548 bits per heavy atom. The van der Waals surface area contributed by atoms with Gasteiger partial charge in [0.1, 0.15) is 17.3 Å². The third-order valence-corrected chi connectivity index (χ3v) is 11.8. The number of para-hydroxylation sites is 3. The molecular weight excluding hydrogens is 757 g/mol. The summed E-state index contributed by atoms with van der Waals surface area (Å²) in [5.74, 6) is 2.17. The molecular formula is C57H50N4O+2. The molecule has 1 aliphatic heterocycles. The Morgan fingerprint density at radius 2 is 1.21 bits per heavy atom. The van der Waals surface area contributed by atoms with Crippen molar-refractivity contribution in [1.29, 1.82) is 0 Å². The molecule has 302 valence electrons. The molecule has 0 amide bonds. The predicted molar refractivity (Wildman–Crippen MR) is 259 cm³/mol. The molecule has 0 atom stereocenters. The molecule has 9 aromatic rings. The first-order valence-electron chi connectivity index (χ1n) is 22.7. The van der Waals surface area contributed by atoms with E-state index in [4.69, 9.17) is 13.8 Å². The quantitative estimate of drug-likeness (QED) is 0.150. The van der Waals surface area contributed by atoms with Crippen LogP contribution in [0.1, 0.15) is 62.3 Å². The Bertz CT molecular complexity index is 3330. The van der Waals surface area contributed by atoms with E-state index in [2.05, 4.69) is 155 Å². The van der Waals surface area contributed by atoms with Crippen molar-refractivity contribution < 1.29 is 8.85 Å². The van der Waals surface area contributed by atoms with Crippen LogP contribution in [0.25, 0.3) is 49.9 Å². The summed E-state index contributed by atoms with van der Waals surface area (Å²) in [6.45, 7) is 10.8. The van der Waals surface area contributed by atoms with Gasteiger partial charge in [-0.2, -0.15) is 0 Å². The maximum Gasteiger partial charge on any atom is 0.503 e. The molecule has 0 saturated carbocycles. The molecule has 7 aromatic carbocycles. The maximum absolute atomic E-state index is 8.81. The molecule has 0 N–H and O–H groups in total. The van der Waals surface area contributed by atoms with Crippen LogP contribution < -0.4 is 13.9 Å². The van der Waals surface area contributed by atoms with Crippen LogP contribution in [0.2, 0.25) is 0 Å². The number of aryl methyl sites for hydroxylation is 1. The minimum Gasteiger partial charge on any atom is -0.457 e. The number of rotatable bonds is 7. The van der Waals surface area contributed by atoms with Gasteiger partial charge in [-0.15, -0.1) is 0 Å². The van der Waals surface area contributed by atoms with E-state index in [-0.39, 0.29) is 16.4 Å². The molecule has 0 fully saturated rings. The molecule has 0 bridgehead atoms. The van der Waals surface area contributed by atoms with Gasteiger partial charge >= 0.3 is 11.7 Å². The molecule has 62 heavy (non-hydrogen) atoms. The van der Waals surface area contributed by atoms with Crippen molar-refractivity contribution in [2.24, 2.45) is 0 Å². The molecule has 0 spiro atoms. The molecule has 0 radical (unpaired) electrons. The lowest BCUT2D eigenvalue weighted by atomic mass is 9.86. The fraction of sp³-hybridized carbons (Fsp3) is 0.158. The second kappa shape index (κ2) is 15.0. The van der Waals surface area contributed by atoms with Crippen molar-refractivity contribution in [3.8, 4) is 39.6 Å². The molecule has 0 aliphatic carbocycles. The highest BCUT2D eigenvalue weighted by atomic mass is 16.5. The molecule has 1 aliphatic rings. The van der Waals surface area contributed by atoms with Crippen molar-refractivity contribution in [1.82, 2.24) is 18.7 Å². The standard InChI is InChI=1S/C57H50N4O/c1-38-18-16-27-51-54(38)60(55-46(39-19-10-8-11-20-39)24-17-25-47(55)40-21-12-9-13-22-40)37-59(51)43-32-42(57(5,6)7)33-45(35-43)62-44-28-29-49-48-23-14-15-26-50(48)61(52(49)36-44)53-34-41(30-31-58-53)56(2,3)4/h8-36H,1-7H3/q+2/i1D3. The topological polar surface area (TPSA) is 33.1 Å². The van der Waals surface area contributed by atoms with E-state index in [9.17, 15) is 0 Å². The van der Waals surface area contributed by atoms with Crippen molar-refractivity contribution in [3.63, 3.8) is 0 Å². The summed E-state index contributed by atoms with van der Waals surface area (Å²) < 4.78 is 39.5. The highest BCUT2D eigenvalue weighted by molar-refractivity contribution is 6.09. The molecule has 0 saturated heterocycles. The first kappa shape index (κ1) is 35.4. The zero-order chi connectivity index (χ0) is 45.3. The first-order chi connectivity index (χ1) is 31.1. The lowest BCUT2D eigenvalue weighted by Crippen LogP contribution is -2.12. The van der Waals surface area contributed by atoms with E-state index >= 15 is 0 Å². The van der Waals surface area contributed by atoms with Gasteiger partial charge in [0, 0.05) is 44.8 Å². The van der Waals surface area contributed by atoms with Crippen molar-refractivity contribution in [2.75, 3.05) is 0 Å².